The zero-order chi connectivity index (χ0) is 10.6. The maximum absolute atomic E-state index is 10.7. The molecule has 74 valence electrons. The highest BCUT2D eigenvalue weighted by atomic mass is 32.1. The van der Waals surface area contributed by atoms with E-state index < -0.39 is 23.0 Å². The number of carboxylic acid groups (broad SMARTS) is 1. The van der Waals surface area contributed by atoms with Crippen LogP contribution in [0, 0.1) is 10.1 Å². The first-order valence-corrected chi connectivity index (χ1v) is 3.82. The Balaban J connectivity index is 4.80. The lowest BCUT2D eigenvalue weighted by Gasteiger charge is -2.15. The molecule has 0 aliphatic carbocycles. The quantitative estimate of drug-likeness (QED) is 0.365. The van der Waals surface area contributed by atoms with Gasteiger partial charge in [0.05, 0.1) is 0 Å². The van der Waals surface area contributed by atoms with Crippen molar-refractivity contribution in [3.63, 3.8) is 0 Å². The Kier molecular flexibility index (Phi) is 4.18. The van der Waals surface area contributed by atoms with E-state index in [-0.39, 0.29) is 10.8 Å². The van der Waals surface area contributed by atoms with Gasteiger partial charge in [0.2, 0.25) is 6.04 Å². The fraction of sp³-hybridized carbons (Fsp3) is 0.600. The number of nitrogens with zero attached hydrogens (tertiary/aromatic N) is 2. The largest absolute Gasteiger partial charge is 0.480 e. The van der Waals surface area contributed by atoms with Gasteiger partial charge in [0.1, 0.15) is 0 Å². The molecule has 0 aliphatic rings. The zero-order valence-electron chi connectivity index (χ0n) is 6.71. The summed E-state index contributed by atoms with van der Waals surface area (Å²) in [5.41, 5.74) is 0. The second kappa shape index (κ2) is 4.65. The first kappa shape index (κ1) is 11.7. The highest BCUT2D eigenvalue weighted by Gasteiger charge is 2.35. The van der Waals surface area contributed by atoms with Crippen molar-refractivity contribution < 1.29 is 19.7 Å². The van der Waals surface area contributed by atoms with Gasteiger partial charge < -0.3 is 5.11 Å². The van der Waals surface area contributed by atoms with Crippen LogP contribution in [0.2, 0.25) is 0 Å². The minimum absolute atomic E-state index is 0.0370. The number of hydrogen-bond donors (Lipinski definition) is 2. The van der Waals surface area contributed by atoms with E-state index in [0.29, 0.717) is 0 Å². The SMILES string of the molecule is CC(=O)N([C@@H](CS)C(=O)O)[N+](=O)[O-]. The van der Waals surface area contributed by atoms with Gasteiger partial charge in [-0.25, -0.2) is 14.9 Å². The summed E-state index contributed by atoms with van der Waals surface area (Å²) < 4.78 is 0. The number of hydrazine groups is 1. The Morgan fingerprint density at radius 3 is 2.23 bits per heavy atom. The summed E-state index contributed by atoms with van der Waals surface area (Å²) in [5, 5.41) is 17.7. The van der Waals surface area contributed by atoms with E-state index in [4.69, 9.17) is 5.11 Å². The number of rotatable bonds is 4. The third-order valence-corrected chi connectivity index (χ3v) is 1.60. The molecule has 0 fully saturated rings. The van der Waals surface area contributed by atoms with Crippen molar-refractivity contribution >= 4 is 24.5 Å². The Hall–Kier alpha value is -1.31. The first-order valence-electron chi connectivity index (χ1n) is 3.19. The van der Waals surface area contributed by atoms with E-state index in [9.17, 15) is 19.7 Å². The molecule has 8 heteroatoms. The normalized spacial score (nSPS) is 11.8. The van der Waals surface area contributed by atoms with Crippen molar-refractivity contribution in [2.75, 3.05) is 5.75 Å². The van der Waals surface area contributed by atoms with Gasteiger partial charge in [-0.05, 0) is 5.01 Å². The number of carbonyl (C=O) groups is 2. The first-order chi connectivity index (χ1) is 5.91. The van der Waals surface area contributed by atoms with Crippen LogP contribution in [0.4, 0.5) is 0 Å². The number of amides is 1. The topological polar surface area (TPSA) is 101 Å². The van der Waals surface area contributed by atoms with Crippen LogP contribution >= 0.6 is 12.6 Å². The molecule has 1 N–H and O–H groups in total. The van der Waals surface area contributed by atoms with E-state index in [2.05, 4.69) is 12.6 Å². The lowest BCUT2D eigenvalue weighted by atomic mass is 10.3. The molecular weight excluding hydrogens is 200 g/mol. The summed E-state index contributed by atoms with van der Waals surface area (Å²) in [6, 6.07) is -1.53. The van der Waals surface area contributed by atoms with E-state index in [1.54, 1.807) is 0 Å². The van der Waals surface area contributed by atoms with Crippen LogP contribution in [0.3, 0.4) is 0 Å². The van der Waals surface area contributed by atoms with Gasteiger partial charge in [-0.2, -0.15) is 12.6 Å². The monoisotopic (exact) mass is 208 g/mol. The maximum atomic E-state index is 10.7. The zero-order valence-corrected chi connectivity index (χ0v) is 7.60. The summed E-state index contributed by atoms with van der Waals surface area (Å²) in [4.78, 5) is 31.4. The number of aliphatic carboxylic acids is 1. The fourth-order valence-electron chi connectivity index (χ4n) is 0.708. The fourth-order valence-corrected chi connectivity index (χ4v) is 1.02. The number of carbonyl (C=O) groups excluding carboxylic acids is 1. The molecule has 0 aromatic rings. The number of thiol groups is 1. The molecule has 1 atom stereocenters. The second-order valence-electron chi connectivity index (χ2n) is 2.14. The molecule has 0 spiro atoms. The Morgan fingerprint density at radius 1 is 1.69 bits per heavy atom. The molecule has 7 nitrogen and oxygen atoms in total. The van der Waals surface area contributed by atoms with Crippen LogP contribution in [0.5, 0.6) is 0 Å². The van der Waals surface area contributed by atoms with Crippen LogP contribution in [0.1, 0.15) is 6.92 Å². The highest BCUT2D eigenvalue weighted by Crippen LogP contribution is 2.03. The van der Waals surface area contributed by atoms with Crippen LogP contribution in [-0.2, 0) is 9.59 Å². The highest BCUT2D eigenvalue weighted by molar-refractivity contribution is 7.80. The van der Waals surface area contributed by atoms with E-state index in [1.807, 2.05) is 0 Å². The third-order valence-electron chi connectivity index (χ3n) is 1.25. The van der Waals surface area contributed by atoms with Gasteiger partial charge in [-0.1, -0.05) is 0 Å². The molecule has 0 heterocycles. The summed E-state index contributed by atoms with van der Waals surface area (Å²) in [5.74, 6) is -2.70. The Morgan fingerprint density at radius 2 is 2.15 bits per heavy atom. The molecule has 0 aromatic heterocycles. The van der Waals surface area contributed by atoms with Crippen LogP contribution < -0.4 is 0 Å². The van der Waals surface area contributed by atoms with E-state index in [1.165, 1.54) is 0 Å². The average molecular weight is 208 g/mol. The van der Waals surface area contributed by atoms with Gasteiger partial charge in [-0.15, -0.1) is 0 Å². The standard InChI is InChI=1S/C5H8N2O5S/c1-3(8)6(7(11)12)4(2-13)5(9)10/h4,13H,2H2,1H3,(H,9,10)/t4-/m0/s1. The molecule has 0 aromatic carbocycles. The molecule has 0 rings (SSSR count). The van der Waals surface area contributed by atoms with Crippen LogP contribution in [0.15, 0.2) is 0 Å². The van der Waals surface area contributed by atoms with Crippen molar-refractivity contribution in [3.8, 4) is 0 Å². The van der Waals surface area contributed by atoms with Gasteiger partial charge in [0, 0.05) is 12.7 Å². The molecule has 0 bridgehead atoms. The molecule has 13 heavy (non-hydrogen) atoms. The number of hydrogen-bond acceptors (Lipinski definition) is 5. The maximum Gasteiger partial charge on any atom is 0.333 e. The molecule has 0 saturated heterocycles. The predicted octanol–water partition coefficient (Wildman–Crippen LogP) is -0.590. The Labute approximate surface area is 78.9 Å². The molecule has 0 radical (unpaired) electrons. The van der Waals surface area contributed by atoms with Crippen molar-refractivity contribution in [1.29, 1.82) is 0 Å². The number of nitro groups is 1. The molecular formula is C5H8N2O5S. The lowest BCUT2D eigenvalue weighted by molar-refractivity contribution is -0.639. The van der Waals surface area contributed by atoms with Gasteiger partial charge in [-0.3, -0.25) is 4.79 Å². The minimum Gasteiger partial charge on any atom is -0.480 e. The third kappa shape index (κ3) is 2.90. The van der Waals surface area contributed by atoms with Crippen molar-refractivity contribution in [2.24, 2.45) is 0 Å². The van der Waals surface area contributed by atoms with E-state index in [0.717, 1.165) is 6.92 Å². The van der Waals surface area contributed by atoms with Gasteiger partial charge >= 0.3 is 5.97 Å². The second-order valence-corrected chi connectivity index (χ2v) is 2.50. The van der Waals surface area contributed by atoms with E-state index >= 15 is 0 Å². The summed E-state index contributed by atoms with van der Waals surface area (Å²) in [6.07, 6.45) is 0. The average Bonchev–Trinajstić information content (AvgIpc) is 1.97. The number of carboxylic acids is 1. The summed E-state index contributed by atoms with van der Waals surface area (Å²) in [6.45, 7) is 0.919. The molecule has 1 amide bonds. The van der Waals surface area contributed by atoms with Crippen LogP contribution in [0.25, 0.3) is 0 Å². The summed E-state index contributed by atoms with van der Waals surface area (Å²) >= 11 is 3.60. The van der Waals surface area contributed by atoms with Crippen molar-refractivity contribution in [1.82, 2.24) is 5.01 Å². The van der Waals surface area contributed by atoms with Crippen molar-refractivity contribution in [2.45, 2.75) is 13.0 Å². The predicted molar refractivity (Wildman–Crippen MR) is 44.8 cm³/mol. The van der Waals surface area contributed by atoms with Gasteiger partial charge in [0.15, 0.2) is 5.03 Å². The smallest absolute Gasteiger partial charge is 0.333 e. The molecule has 0 aliphatic heterocycles. The van der Waals surface area contributed by atoms with Gasteiger partial charge in [0.25, 0.3) is 5.91 Å². The minimum atomic E-state index is -1.53. The molecule has 0 saturated carbocycles. The Bertz CT molecular complexity index is 229. The summed E-state index contributed by atoms with van der Waals surface area (Å²) in [7, 11) is 0. The van der Waals surface area contributed by atoms with Crippen molar-refractivity contribution in [3.05, 3.63) is 10.1 Å². The lowest BCUT2D eigenvalue weighted by Crippen LogP contribution is -2.48. The van der Waals surface area contributed by atoms with Crippen LogP contribution in [-0.4, -0.2) is 38.8 Å². The molecule has 0 unspecified atom stereocenters.